The third-order valence-corrected chi connectivity index (χ3v) is 6.45. The topological polar surface area (TPSA) is 108 Å². The molecular weight excluding hydrogens is 394 g/mol. The number of fused-ring (bicyclic) bond motifs is 1. The molecule has 30 heavy (non-hydrogen) atoms. The van der Waals surface area contributed by atoms with Crippen molar-refractivity contribution >= 4 is 23.7 Å². The van der Waals surface area contributed by atoms with Crippen molar-refractivity contribution in [3.63, 3.8) is 0 Å². The normalized spacial score (nSPS) is 32.6. The lowest BCUT2D eigenvalue weighted by atomic mass is 9.59. The van der Waals surface area contributed by atoms with Crippen molar-refractivity contribution in [3.8, 4) is 0 Å². The van der Waals surface area contributed by atoms with Crippen LogP contribution in [0.5, 0.6) is 0 Å². The van der Waals surface area contributed by atoms with E-state index in [0.29, 0.717) is 38.8 Å². The summed E-state index contributed by atoms with van der Waals surface area (Å²) in [7, 11) is 3.37. The van der Waals surface area contributed by atoms with Crippen LogP contribution in [0.3, 0.4) is 0 Å². The first-order chi connectivity index (χ1) is 14.2. The van der Waals surface area contributed by atoms with Crippen LogP contribution >= 0.6 is 0 Å². The Hall–Kier alpha value is -2.52. The van der Waals surface area contributed by atoms with E-state index in [1.54, 1.807) is 13.0 Å². The predicted molar refractivity (Wildman–Crippen MR) is 103 cm³/mol. The number of hydrogen-bond donors (Lipinski definition) is 0. The lowest BCUT2D eigenvalue weighted by molar-refractivity contribution is -0.200. The second-order valence-electron chi connectivity index (χ2n) is 7.83. The summed E-state index contributed by atoms with van der Waals surface area (Å²) in [5, 5.41) is 0. The highest BCUT2D eigenvalue weighted by molar-refractivity contribution is 6.26. The van der Waals surface area contributed by atoms with Gasteiger partial charge in [0.05, 0.1) is 32.3 Å². The second kappa shape index (κ2) is 7.63. The summed E-state index contributed by atoms with van der Waals surface area (Å²) in [5.41, 5.74) is -5.88. The Morgan fingerprint density at radius 1 is 1.13 bits per heavy atom. The lowest BCUT2D eigenvalue weighted by Crippen LogP contribution is -2.65. The molecule has 9 nitrogen and oxygen atoms in total. The highest BCUT2D eigenvalue weighted by Gasteiger charge is 2.84. The number of piperidine rings is 1. The van der Waals surface area contributed by atoms with Crippen LogP contribution < -0.4 is 0 Å². The number of Topliss-reactive ketones (excluding diaryl/α,β-unsaturated/α-hetero) is 1. The average molecular weight is 421 g/mol. The van der Waals surface area contributed by atoms with E-state index in [4.69, 9.17) is 18.9 Å². The molecule has 3 aliphatic heterocycles. The van der Waals surface area contributed by atoms with Gasteiger partial charge in [0.2, 0.25) is 0 Å². The van der Waals surface area contributed by atoms with Gasteiger partial charge in [0, 0.05) is 13.1 Å². The fourth-order valence-electron chi connectivity index (χ4n) is 5.16. The molecule has 0 aromatic rings. The number of methoxy groups -OCH3 is 3. The van der Waals surface area contributed by atoms with Crippen LogP contribution in [-0.2, 0) is 38.1 Å². The number of allylic oxidation sites excluding steroid dienone is 1. The van der Waals surface area contributed by atoms with Crippen LogP contribution in [0.4, 0.5) is 0 Å². The molecule has 0 saturated carbocycles. The van der Waals surface area contributed by atoms with Crippen LogP contribution in [-0.4, -0.2) is 74.3 Å². The van der Waals surface area contributed by atoms with E-state index in [0.717, 1.165) is 14.2 Å². The number of ether oxygens (including phenoxy) is 4. The van der Waals surface area contributed by atoms with Crippen molar-refractivity contribution in [1.82, 2.24) is 4.90 Å². The van der Waals surface area contributed by atoms with Gasteiger partial charge >= 0.3 is 17.9 Å². The molecule has 3 rings (SSSR count). The molecule has 2 bridgehead atoms. The number of carbonyl (C=O) groups is 4. The Bertz CT molecular complexity index is 848. The molecule has 9 heteroatoms. The van der Waals surface area contributed by atoms with Crippen molar-refractivity contribution in [3.05, 3.63) is 23.8 Å². The fraction of sp³-hybridized carbons (Fsp3) is 0.619. The molecule has 3 atom stereocenters. The number of ketones is 1. The second-order valence-corrected chi connectivity index (χ2v) is 7.83. The van der Waals surface area contributed by atoms with Crippen LogP contribution in [0.25, 0.3) is 0 Å². The summed E-state index contributed by atoms with van der Waals surface area (Å²) in [4.78, 5) is 54.3. The smallest absolute Gasteiger partial charge is 0.351 e. The summed E-state index contributed by atoms with van der Waals surface area (Å²) in [6.45, 7) is 6.35. The molecule has 2 saturated heterocycles. The van der Waals surface area contributed by atoms with Gasteiger partial charge in [0.15, 0.2) is 11.5 Å². The zero-order valence-corrected chi connectivity index (χ0v) is 17.7. The largest absolute Gasteiger partial charge is 0.466 e. The summed E-state index contributed by atoms with van der Waals surface area (Å²) < 4.78 is 20.9. The van der Waals surface area contributed by atoms with E-state index in [9.17, 15) is 19.2 Å². The molecule has 0 N–H and O–H groups in total. The van der Waals surface area contributed by atoms with E-state index in [2.05, 4.69) is 6.58 Å². The van der Waals surface area contributed by atoms with Crippen LogP contribution in [0, 0.1) is 5.41 Å². The van der Waals surface area contributed by atoms with Crippen LogP contribution in [0.1, 0.15) is 32.6 Å². The number of hydrogen-bond acceptors (Lipinski definition) is 9. The number of likely N-dealkylation sites (tertiary alicyclic amines) is 1. The molecule has 0 radical (unpaired) electrons. The molecule has 0 unspecified atom stereocenters. The summed E-state index contributed by atoms with van der Waals surface area (Å²) in [6, 6.07) is 0. The zero-order valence-electron chi connectivity index (χ0n) is 17.7. The van der Waals surface area contributed by atoms with Gasteiger partial charge in [0.1, 0.15) is 5.57 Å². The first-order valence-corrected chi connectivity index (χ1v) is 9.84. The van der Waals surface area contributed by atoms with Gasteiger partial charge in [-0.2, -0.15) is 0 Å². The zero-order chi connectivity index (χ0) is 22.3. The van der Waals surface area contributed by atoms with Gasteiger partial charge in [-0.25, -0.2) is 14.4 Å². The summed E-state index contributed by atoms with van der Waals surface area (Å²) in [5.74, 6) is -3.53. The molecule has 2 fully saturated rings. The van der Waals surface area contributed by atoms with Gasteiger partial charge in [0.25, 0.3) is 5.60 Å². The Labute approximate surface area is 175 Å². The summed E-state index contributed by atoms with van der Waals surface area (Å²) >= 11 is 0. The minimum atomic E-state index is -2.37. The van der Waals surface area contributed by atoms with Crippen LogP contribution in [0.2, 0.25) is 0 Å². The van der Waals surface area contributed by atoms with Crippen molar-refractivity contribution in [2.24, 2.45) is 5.41 Å². The maximum atomic E-state index is 13.7. The number of esters is 3. The SMILES string of the molecule is C=CCCCN1CCC[C@@]2(C)C(=O)[C@]3(C(=O)OC)O[C@]12C(C(=O)OC)=C3C(=O)OC. The van der Waals surface area contributed by atoms with E-state index in [1.165, 1.54) is 7.11 Å². The monoisotopic (exact) mass is 421 g/mol. The van der Waals surface area contributed by atoms with Crippen molar-refractivity contribution in [1.29, 1.82) is 0 Å². The Balaban J connectivity index is 2.35. The fourth-order valence-corrected chi connectivity index (χ4v) is 5.16. The molecule has 1 spiro atoms. The van der Waals surface area contributed by atoms with Gasteiger partial charge in [-0.05, 0) is 32.6 Å². The van der Waals surface area contributed by atoms with E-state index in [-0.39, 0.29) is 5.57 Å². The number of nitrogens with zero attached hydrogens (tertiary/aromatic N) is 1. The number of unbranched alkanes of at least 4 members (excludes halogenated alkanes) is 1. The number of rotatable bonds is 7. The van der Waals surface area contributed by atoms with E-state index in [1.807, 2.05) is 4.90 Å². The van der Waals surface area contributed by atoms with Gasteiger partial charge < -0.3 is 18.9 Å². The van der Waals surface area contributed by atoms with Gasteiger partial charge in [-0.3, -0.25) is 9.69 Å². The van der Waals surface area contributed by atoms with Gasteiger partial charge in [-0.15, -0.1) is 6.58 Å². The molecule has 0 aromatic heterocycles. The Kier molecular flexibility index (Phi) is 5.64. The maximum absolute atomic E-state index is 13.7. The molecule has 3 aliphatic rings. The highest BCUT2D eigenvalue weighted by Crippen LogP contribution is 2.65. The first-order valence-electron chi connectivity index (χ1n) is 9.84. The maximum Gasteiger partial charge on any atom is 0.351 e. The molecular formula is C21H27NO8. The highest BCUT2D eigenvalue weighted by atomic mass is 16.6. The number of carbonyl (C=O) groups excluding carboxylic acids is 4. The molecule has 164 valence electrons. The predicted octanol–water partition coefficient (Wildman–Crippen LogP) is 0.918. The molecule has 3 heterocycles. The third-order valence-electron chi connectivity index (χ3n) is 6.45. The molecule has 0 aliphatic carbocycles. The first kappa shape index (κ1) is 22.2. The third kappa shape index (κ3) is 2.48. The van der Waals surface area contributed by atoms with Crippen molar-refractivity contribution < 1.29 is 38.1 Å². The standard InChI is InChI=1S/C21H27NO8/c1-6-7-8-11-22-12-9-10-19(2)17(25)20(18(26)29-5)13(15(23)27-3)14(16(24)28-4)21(19,22)30-20/h6H,1,7-12H2,2-5H3/t19-,20+,21-/m0/s1. The summed E-state index contributed by atoms with van der Waals surface area (Å²) in [6.07, 6.45) is 4.19. The van der Waals surface area contributed by atoms with E-state index < -0.39 is 46.0 Å². The lowest BCUT2D eigenvalue weighted by Gasteiger charge is -2.52. The average Bonchev–Trinajstić information content (AvgIpc) is 3.18. The van der Waals surface area contributed by atoms with Crippen molar-refractivity contribution in [2.75, 3.05) is 34.4 Å². The Morgan fingerprint density at radius 3 is 2.33 bits per heavy atom. The van der Waals surface area contributed by atoms with Crippen molar-refractivity contribution in [2.45, 2.75) is 43.9 Å². The minimum absolute atomic E-state index is 0.164. The van der Waals surface area contributed by atoms with Crippen LogP contribution in [0.15, 0.2) is 23.8 Å². The van der Waals surface area contributed by atoms with E-state index >= 15 is 0 Å². The minimum Gasteiger partial charge on any atom is -0.466 e. The molecule has 0 amide bonds. The quantitative estimate of drug-likeness (QED) is 0.195. The van der Waals surface area contributed by atoms with Gasteiger partial charge in [-0.1, -0.05) is 6.08 Å². The molecule has 0 aromatic carbocycles. The Morgan fingerprint density at radius 2 is 1.77 bits per heavy atom.